The molecule has 3 N–H and O–H groups in total. The maximum Gasteiger partial charge on any atom is 0.323 e. The van der Waals surface area contributed by atoms with Crippen molar-refractivity contribution in [2.75, 3.05) is 32.1 Å². The molecular formula is C14H21N3O4. The Kier molecular flexibility index (Phi) is 5.98. The molecule has 1 aromatic carbocycles. The fourth-order valence-electron chi connectivity index (χ4n) is 1.93. The maximum absolute atomic E-state index is 12.2. The highest BCUT2D eigenvalue weighted by molar-refractivity contribution is 5.96. The van der Waals surface area contributed by atoms with Crippen molar-refractivity contribution in [2.24, 2.45) is 0 Å². The van der Waals surface area contributed by atoms with Gasteiger partial charge in [-0.05, 0) is 45.3 Å². The van der Waals surface area contributed by atoms with Gasteiger partial charge in [0.05, 0.1) is 0 Å². The lowest BCUT2D eigenvalue weighted by Gasteiger charge is -2.25. The molecule has 0 saturated carbocycles. The predicted octanol–water partition coefficient (Wildman–Crippen LogP) is 0.943. The van der Waals surface area contributed by atoms with Gasteiger partial charge in [0.25, 0.3) is 0 Å². The molecule has 21 heavy (non-hydrogen) atoms. The van der Waals surface area contributed by atoms with Crippen molar-refractivity contribution in [1.82, 2.24) is 10.2 Å². The first kappa shape index (κ1) is 16.8. The number of urea groups is 1. The summed E-state index contributed by atoms with van der Waals surface area (Å²) in [6.07, 6.45) is 0. The molecule has 1 atom stereocenters. The molecule has 0 radical (unpaired) electrons. The van der Waals surface area contributed by atoms with Crippen LogP contribution in [-0.4, -0.2) is 60.3 Å². The normalized spacial score (nSPS) is 12.0. The third-order valence-corrected chi connectivity index (χ3v) is 2.71. The molecule has 0 bridgehead atoms. The van der Waals surface area contributed by atoms with Gasteiger partial charge < -0.3 is 20.4 Å². The Morgan fingerprint density at radius 2 is 1.81 bits per heavy atom. The number of phenolic OH excluding ortho intramolecular Hbond substituents is 1. The van der Waals surface area contributed by atoms with Crippen LogP contribution in [0.15, 0.2) is 24.3 Å². The Labute approximate surface area is 123 Å². The van der Waals surface area contributed by atoms with E-state index in [4.69, 9.17) is 5.11 Å². The topological polar surface area (TPSA) is 93.1 Å². The standard InChI is InChI=1S/C14H21N3O4/c1-10(8-16(2)3)15-14(21)17(9-13(19)20)11-4-6-12(18)7-5-11/h4-7,10,18H,8-9H2,1-3H3,(H,15,21)(H,19,20). The van der Waals surface area contributed by atoms with E-state index in [0.29, 0.717) is 12.2 Å². The van der Waals surface area contributed by atoms with Gasteiger partial charge in [-0.15, -0.1) is 0 Å². The summed E-state index contributed by atoms with van der Waals surface area (Å²) in [5, 5.41) is 21.0. The summed E-state index contributed by atoms with van der Waals surface area (Å²) in [5.41, 5.74) is 0.407. The first-order valence-corrected chi connectivity index (χ1v) is 6.53. The second-order valence-electron chi connectivity index (χ2n) is 5.11. The van der Waals surface area contributed by atoms with Crippen molar-refractivity contribution in [2.45, 2.75) is 13.0 Å². The van der Waals surface area contributed by atoms with Crippen LogP contribution in [0.3, 0.4) is 0 Å². The number of nitrogens with zero attached hydrogens (tertiary/aromatic N) is 2. The zero-order chi connectivity index (χ0) is 16.0. The number of carbonyl (C=O) groups is 2. The molecule has 1 rings (SSSR count). The Morgan fingerprint density at radius 1 is 1.24 bits per heavy atom. The average Bonchev–Trinajstić information content (AvgIpc) is 2.35. The van der Waals surface area contributed by atoms with E-state index in [2.05, 4.69) is 5.32 Å². The summed E-state index contributed by atoms with van der Waals surface area (Å²) < 4.78 is 0. The highest BCUT2D eigenvalue weighted by atomic mass is 16.4. The summed E-state index contributed by atoms with van der Waals surface area (Å²) in [5.74, 6) is -1.06. The Hall–Kier alpha value is -2.28. The molecule has 0 aromatic heterocycles. The number of aliphatic carboxylic acids is 1. The third-order valence-electron chi connectivity index (χ3n) is 2.71. The van der Waals surface area contributed by atoms with E-state index in [0.717, 1.165) is 4.90 Å². The molecule has 1 aromatic rings. The van der Waals surface area contributed by atoms with Gasteiger partial charge in [-0.3, -0.25) is 9.69 Å². The SMILES string of the molecule is CC(CN(C)C)NC(=O)N(CC(=O)O)c1ccc(O)cc1. The van der Waals surface area contributed by atoms with E-state index < -0.39 is 18.5 Å². The fraction of sp³-hybridized carbons (Fsp3) is 0.429. The fourth-order valence-corrected chi connectivity index (χ4v) is 1.93. The van der Waals surface area contributed by atoms with Gasteiger partial charge in [0.15, 0.2) is 0 Å². The van der Waals surface area contributed by atoms with Crippen molar-refractivity contribution in [3.8, 4) is 5.75 Å². The van der Waals surface area contributed by atoms with E-state index in [1.165, 1.54) is 24.3 Å². The quantitative estimate of drug-likeness (QED) is 0.726. The van der Waals surface area contributed by atoms with Gasteiger partial charge in [0.1, 0.15) is 12.3 Å². The van der Waals surface area contributed by atoms with Crippen LogP contribution in [0.1, 0.15) is 6.92 Å². The lowest BCUT2D eigenvalue weighted by molar-refractivity contribution is -0.135. The summed E-state index contributed by atoms with van der Waals surface area (Å²) in [7, 11) is 3.77. The number of carboxylic acids is 1. The number of carbonyl (C=O) groups excluding carboxylic acids is 1. The number of hydrogen-bond donors (Lipinski definition) is 3. The zero-order valence-electron chi connectivity index (χ0n) is 12.4. The summed E-state index contributed by atoms with van der Waals surface area (Å²) in [6.45, 7) is 2.03. The number of carboxylic acid groups (broad SMARTS) is 1. The number of nitrogens with one attached hydrogen (secondary N) is 1. The molecule has 0 aliphatic carbocycles. The molecule has 0 aliphatic heterocycles. The minimum atomic E-state index is -1.11. The van der Waals surface area contributed by atoms with E-state index in [1.54, 1.807) is 0 Å². The van der Waals surface area contributed by atoms with E-state index in [-0.39, 0.29) is 11.8 Å². The van der Waals surface area contributed by atoms with Gasteiger partial charge in [-0.2, -0.15) is 0 Å². The predicted molar refractivity (Wildman–Crippen MR) is 79.6 cm³/mol. The first-order chi connectivity index (χ1) is 9.79. The lowest BCUT2D eigenvalue weighted by atomic mass is 10.2. The highest BCUT2D eigenvalue weighted by Gasteiger charge is 2.20. The smallest absolute Gasteiger partial charge is 0.323 e. The van der Waals surface area contributed by atoms with E-state index in [1.807, 2.05) is 25.9 Å². The summed E-state index contributed by atoms with van der Waals surface area (Å²) >= 11 is 0. The first-order valence-electron chi connectivity index (χ1n) is 6.53. The van der Waals surface area contributed by atoms with Crippen molar-refractivity contribution < 1.29 is 19.8 Å². The maximum atomic E-state index is 12.2. The monoisotopic (exact) mass is 295 g/mol. The van der Waals surface area contributed by atoms with E-state index in [9.17, 15) is 14.7 Å². The number of anilines is 1. The Balaban J connectivity index is 2.84. The minimum Gasteiger partial charge on any atom is -0.508 e. The number of phenols is 1. The largest absolute Gasteiger partial charge is 0.508 e. The lowest BCUT2D eigenvalue weighted by Crippen LogP contribution is -2.48. The van der Waals surface area contributed by atoms with Crippen LogP contribution in [0, 0.1) is 0 Å². The molecule has 7 nitrogen and oxygen atoms in total. The molecule has 7 heteroatoms. The average molecular weight is 295 g/mol. The van der Waals surface area contributed by atoms with Crippen LogP contribution in [0.2, 0.25) is 0 Å². The van der Waals surface area contributed by atoms with Crippen molar-refractivity contribution >= 4 is 17.7 Å². The Morgan fingerprint density at radius 3 is 2.29 bits per heavy atom. The van der Waals surface area contributed by atoms with Crippen LogP contribution < -0.4 is 10.2 Å². The molecular weight excluding hydrogens is 274 g/mol. The molecule has 0 spiro atoms. The molecule has 116 valence electrons. The molecule has 0 saturated heterocycles. The van der Waals surface area contributed by atoms with Gasteiger partial charge in [-0.1, -0.05) is 0 Å². The second kappa shape index (κ2) is 7.49. The zero-order valence-corrected chi connectivity index (χ0v) is 12.4. The summed E-state index contributed by atoms with van der Waals surface area (Å²) in [4.78, 5) is 26.2. The number of benzene rings is 1. The second-order valence-corrected chi connectivity index (χ2v) is 5.11. The van der Waals surface area contributed by atoms with Gasteiger partial charge in [0, 0.05) is 18.3 Å². The number of aromatic hydroxyl groups is 1. The highest BCUT2D eigenvalue weighted by Crippen LogP contribution is 2.18. The van der Waals surface area contributed by atoms with Crippen molar-refractivity contribution in [3.63, 3.8) is 0 Å². The molecule has 0 fully saturated rings. The third kappa shape index (κ3) is 5.70. The van der Waals surface area contributed by atoms with Crippen molar-refractivity contribution in [3.05, 3.63) is 24.3 Å². The number of rotatable bonds is 6. The van der Waals surface area contributed by atoms with Crippen LogP contribution in [0.5, 0.6) is 5.75 Å². The molecule has 0 heterocycles. The minimum absolute atomic E-state index is 0.0513. The van der Waals surface area contributed by atoms with Crippen molar-refractivity contribution in [1.29, 1.82) is 0 Å². The van der Waals surface area contributed by atoms with Crippen LogP contribution in [0.25, 0.3) is 0 Å². The van der Waals surface area contributed by atoms with Crippen LogP contribution in [-0.2, 0) is 4.79 Å². The van der Waals surface area contributed by atoms with Gasteiger partial charge in [-0.25, -0.2) is 4.79 Å². The summed E-state index contributed by atoms with van der Waals surface area (Å²) in [6, 6.07) is 5.18. The molecule has 2 amide bonds. The Bertz CT molecular complexity index is 487. The number of amides is 2. The van der Waals surface area contributed by atoms with E-state index >= 15 is 0 Å². The van der Waals surface area contributed by atoms with Gasteiger partial charge in [0.2, 0.25) is 0 Å². The van der Waals surface area contributed by atoms with Crippen LogP contribution in [0.4, 0.5) is 10.5 Å². The number of likely N-dealkylation sites (N-methyl/N-ethyl adjacent to an activating group) is 1. The number of hydrogen-bond acceptors (Lipinski definition) is 4. The molecule has 1 unspecified atom stereocenters. The van der Waals surface area contributed by atoms with Crippen LogP contribution >= 0.6 is 0 Å². The molecule has 0 aliphatic rings. The van der Waals surface area contributed by atoms with Gasteiger partial charge >= 0.3 is 12.0 Å².